The number of nitrogens with two attached hydrogens (primary N) is 1. The summed E-state index contributed by atoms with van der Waals surface area (Å²) in [7, 11) is 0. The number of halogens is 2. The fourth-order valence-electron chi connectivity index (χ4n) is 2.16. The summed E-state index contributed by atoms with van der Waals surface area (Å²) in [4.78, 5) is 0. The Balaban J connectivity index is 1.91. The van der Waals surface area contributed by atoms with Crippen LogP contribution in [0.5, 0.6) is 0 Å². The molecule has 0 aliphatic heterocycles. The third-order valence-electron chi connectivity index (χ3n) is 3.18. The van der Waals surface area contributed by atoms with E-state index in [4.69, 9.17) is 37.9 Å². The molecule has 4 nitrogen and oxygen atoms in total. The monoisotopic (exact) mass is 322 g/mol. The molecule has 0 aliphatic rings. The lowest BCUT2D eigenvalue weighted by atomic mass is 10.0. The number of benzene rings is 1. The zero-order valence-electron chi connectivity index (χ0n) is 11.0. The lowest BCUT2D eigenvalue weighted by Gasteiger charge is -2.04. The zero-order valence-corrected chi connectivity index (χ0v) is 12.5. The Morgan fingerprint density at radius 2 is 1.95 bits per heavy atom. The van der Waals surface area contributed by atoms with E-state index in [-0.39, 0.29) is 0 Å². The van der Waals surface area contributed by atoms with Gasteiger partial charge in [-0.3, -0.25) is 0 Å². The van der Waals surface area contributed by atoms with Crippen molar-refractivity contribution in [3.8, 4) is 11.1 Å². The van der Waals surface area contributed by atoms with Gasteiger partial charge in [-0.15, -0.1) is 0 Å². The number of aryl methyl sites for hydroxylation is 2. The van der Waals surface area contributed by atoms with Crippen LogP contribution in [-0.4, -0.2) is 5.16 Å². The molecule has 0 bridgehead atoms. The smallest absolute Gasteiger partial charge is 0.175 e. The van der Waals surface area contributed by atoms with Gasteiger partial charge in [0.25, 0.3) is 0 Å². The van der Waals surface area contributed by atoms with E-state index >= 15 is 0 Å². The van der Waals surface area contributed by atoms with E-state index in [0.29, 0.717) is 34.5 Å². The van der Waals surface area contributed by atoms with Gasteiger partial charge in [0.2, 0.25) is 0 Å². The maximum Gasteiger partial charge on any atom is 0.175 e. The van der Waals surface area contributed by atoms with Crippen molar-refractivity contribution < 1.29 is 8.94 Å². The Morgan fingerprint density at radius 1 is 1.10 bits per heavy atom. The van der Waals surface area contributed by atoms with Crippen molar-refractivity contribution in [3.05, 3.63) is 58.2 Å². The number of hydrogen-bond donors (Lipinski definition) is 1. The van der Waals surface area contributed by atoms with Crippen LogP contribution >= 0.6 is 23.2 Å². The molecule has 0 saturated heterocycles. The van der Waals surface area contributed by atoms with Crippen molar-refractivity contribution in [2.75, 3.05) is 5.73 Å². The number of aromatic nitrogens is 1. The van der Waals surface area contributed by atoms with Gasteiger partial charge in [-0.25, -0.2) is 0 Å². The van der Waals surface area contributed by atoms with Gasteiger partial charge in [-0.1, -0.05) is 34.4 Å². The summed E-state index contributed by atoms with van der Waals surface area (Å²) in [5, 5.41) is 4.80. The third-order valence-corrected chi connectivity index (χ3v) is 3.92. The van der Waals surface area contributed by atoms with Gasteiger partial charge in [0.05, 0.1) is 21.9 Å². The summed E-state index contributed by atoms with van der Waals surface area (Å²) in [5.74, 6) is 1.91. The molecule has 2 N–H and O–H groups in total. The Kier molecular flexibility index (Phi) is 3.90. The van der Waals surface area contributed by atoms with Gasteiger partial charge in [-0.2, -0.15) is 0 Å². The first kappa shape index (κ1) is 14.0. The topological polar surface area (TPSA) is 65.2 Å². The maximum absolute atomic E-state index is 6.05. The number of hydrogen-bond acceptors (Lipinski definition) is 4. The number of nitrogen functional groups attached to an aromatic ring is 1. The van der Waals surface area contributed by atoms with Crippen LogP contribution in [0, 0.1) is 0 Å². The Hall–Kier alpha value is -1.91. The Bertz CT molecular complexity index is 751. The molecule has 6 heteroatoms. The van der Waals surface area contributed by atoms with Crippen LogP contribution in [0.15, 0.2) is 45.5 Å². The molecule has 0 saturated carbocycles. The molecule has 3 rings (SSSR count). The minimum absolute atomic E-state index is 0.336. The minimum atomic E-state index is 0.336. The molecule has 0 radical (unpaired) electrons. The quantitative estimate of drug-likeness (QED) is 0.761. The second kappa shape index (κ2) is 5.84. The molecule has 1 aromatic carbocycles. The van der Waals surface area contributed by atoms with E-state index in [0.717, 1.165) is 16.9 Å². The summed E-state index contributed by atoms with van der Waals surface area (Å²) in [6.45, 7) is 0. The highest BCUT2D eigenvalue weighted by molar-refractivity contribution is 6.42. The summed E-state index contributed by atoms with van der Waals surface area (Å²) in [5.41, 5.74) is 7.49. The van der Waals surface area contributed by atoms with Crippen LogP contribution in [0.1, 0.15) is 11.5 Å². The van der Waals surface area contributed by atoms with Crippen LogP contribution in [0.2, 0.25) is 10.0 Å². The largest absolute Gasteiger partial charge is 0.469 e. The molecule has 21 heavy (non-hydrogen) atoms. The number of rotatable bonds is 4. The molecule has 0 atom stereocenters. The fourth-order valence-corrected chi connectivity index (χ4v) is 2.46. The van der Waals surface area contributed by atoms with Crippen molar-refractivity contribution in [2.45, 2.75) is 12.8 Å². The Morgan fingerprint density at radius 3 is 2.67 bits per heavy atom. The van der Waals surface area contributed by atoms with Gasteiger partial charge >= 0.3 is 0 Å². The highest BCUT2D eigenvalue weighted by atomic mass is 35.5. The van der Waals surface area contributed by atoms with Crippen LogP contribution in [-0.2, 0) is 12.8 Å². The predicted molar refractivity (Wildman–Crippen MR) is 82.5 cm³/mol. The van der Waals surface area contributed by atoms with Gasteiger partial charge in [-0.05, 0) is 29.8 Å². The third kappa shape index (κ3) is 2.91. The molecule has 0 spiro atoms. The number of nitrogens with zero attached hydrogens (tertiary/aromatic N) is 1. The molecule has 0 fully saturated rings. The first-order valence-electron chi connectivity index (χ1n) is 6.37. The maximum atomic E-state index is 6.05. The van der Waals surface area contributed by atoms with Crippen LogP contribution in [0.3, 0.4) is 0 Å². The van der Waals surface area contributed by atoms with Crippen molar-refractivity contribution in [1.29, 1.82) is 0 Å². The normalized spacial score (nSPS) is 11.0. The summed E-state index contributed by atoms with van der Waals surface area (Å²) >= 11 is 12.0. The van der Waals surface area contributed by atoms with E-state index in [2.05, 4.69) is 5.16 Å². The zero-order chi connectivity index (χ0) is 14.8. The van der Waals surface area contributed by atoms with Crippen molar-refractivity contribution in [2.24, 2.45) is 0 Å². The SMILES string of the molecule is Nc1noc(CCc2ccco2)c1-c1ccc(Cl)c(Cl)c1. The van der Waals surface area contributed by atoms with Crippen LogP contribution < -0.4 is 5.73 Å². The average Bonchev–Trinajstić information content (AvgIpc) is 3.09. The highest BCUT2D eigenvalue weighted by Gasteiger charge is 2.17. The van der Waals surface area contributed by atoms with Crippen LogP contribution in [0.25, 0.3) is 11.1 Å². The van der Waals surface area contributed by atoms with E-state index in [1.54, 1.807) is 18.4 Å². The summed E-state index contributed by atoms with van der Waals surface area (Å²) in [6, 6.07) is 9.08. The second-order valence-corrected chi connectivity index (χ2v) is 5.39. The van der Waals surface area contributed by atoms with Gasteiger partial charge < -0.3 is 14.7 Å². The minimum Gasteiger partial charge on any atom is -0.469 e. The molecule has 3 aromatic rings. The molecule has 2 heterocycles. The molecule has 2 aromatic heterocycles. The molecule has 0 unspecified atom stereocenters. The molecule has 108 valence electrons. The molecular weight excluding hydrogens is 311 g/mol. The highest BCUT2D eigenvalue weighted by Crippen LogP contribution is 2.34. The summed E-state index contributed by atoms with van der Waals surface area (Å²) < 4.78 is 10.6. The van der Waals surface area contributed by atoms with Gasteiger partial charge in [0.1, 0.15) is 11.5 Å². The number of furan rings is 1. The van der Waals surface area contributed by atoms with E-state index in [1.807, 2.05) is 18.2 Å². The van der Waals surface area contributed by atoms with Crippen molar-refractivity contribution >= 4 is 29.0 Å². The van der Waals surface area contributed by atoms with Crippen LogP contribution in [0.4, 0.5) is 5.82 Å². The Labute approximate surface area is 131 Å². The molecule has 0 aliphatic carbocycles. The van der Waals surface area contributed by atoms with Crippen molar-refractivity contribution in [1.82, 2.24) is 5.16 Å². The van der Waals surface area contributed by atoms with Gasteiger partial charge in [0, 0.05) is 12.8 Å². The lowest BCUT2D eigenvalue weighted by molar-refractivity contribution is 0.382. The van der Waals surface area contributed by atoms with Gasteiger partial charge in [0.15, 0.2) is 5.82 Å². The first-order chi connectivity index (χ1) is 10.1. The second-order valence-electron chi connectivity index (χ2n) is 4.57. The standard InChI is InChI=1S/C15H12Cl2N2O2/c16-11-5-3-9(8-12(11)17)14-13(21-19-15(14)18)6-4-10-2-1-7-20-10/h1-3,5,7-8H,4,6H2,(H2,18,19). The first-order valence-corrected chi connectivity index (χ1v) is 7.12. The van der Waals surface area contributed by atoms with E-state index < -0.39 is 0 Å². The van der Waals surface area contributed by atoms with E-state index in [9.17, 15) is 0 Å². The lowest BCUT2D eigenvalue weighted by Crippen LogP contribution is -1.93. The predicted octanol–water partition coefficient (Wildman–Crippen LogP) is 4.61. The summed E-state index contributed by atoms with van der Waals surface area (Å²) in [6.07, 6.45) is 2.98. The number of anilines is 1. The molecular formula is C15H12Cl2N2O2. The van der Waals surface area contributed by atoms with Crippen molar-refractivity contribution in [3.63, 3.8) is 0 Å². The molecule has 0 amide bonds. The fraction of sp³-hybridized carbons (Fsp3) is 0.133. The average molecular weight is 323 g/mol. The van der Waals surface area contributed by atoms with E-state index in [1.165, 1.54) is 0 Å².